The van der Waals surface area contributed by atoms with E-state index in [9.17, 15) is 0 Å². The minimum atomic E-state index is 0.229. The summed E-state index contributed by atoms with van der Waals surface area (Å²) >= 11 is 0. The lowest BCUT2D eigenvalue weighted by atomic mass is 9.82. The number of allylic oxidation sites excluding steroid dienone is 1. The van der Waals surface area contributed by atoms with Crippen molar-refractivity contribution in [3.63, 3.8) is 0 Å². The van der Waals surface area contributed by atoms with Crippen LogP contribution in [0, 0.1) is 0 Å². The van der Waals surface area contributed by atoms with Crippen LogP contribution >= 0.6 is 0 Å². The van der Waals surface area contributed by atoms with Crippen molar-refractivity contribution in [2.75, 3.05) is 20.6 Å². The lowest BCUT2D eigenvalue weighted by Crippen LogP contribution is -2.57. The molecule has 0 aliphatic carbocycles. The van der Waals surface area contributed by atoms with Gasteiger partial charge < -0.3 is 10.2 Å². The Morgan fingerprint density at radius 2 is 1.69 bits per heavy atom. The van der Waals surface area contributed by atoms with Crippen molar-refractivity contribution in [1.29, 1.82) is 0 Å². The van der Waals surface area contributed by atoms with E-state index in [1.807, 2.05) is 0 Å². The fraction of sp³-hybridized carbons (Fsp3) is 0.857. The first kappa shape index (κ1) is 15.7. The molecule has 0 rings (SSSR count). The molecule has 0 saturated carbocycles. The van der Waals surface area contributed by atoms with E-state index >= 15 is 0 Å². The fourth-order valence-corrected chi connectivity index (χ4v) is 2.56. The Balaban J connectivity index is 5.15. The fourth-order valence-electron chi connectivity index (χ4n) is 2.56. The van der Waals surface area contributed by atoms with Gasteiger partial charge in [0.25, 0.3) is 0 Å². The number of likely N-dealkylation sites (N-methyl/N-ethyl adjacent to an activating group) is 2. The first-order valence-electron chi connectivity index (χ1n) is 6.50. The summed E-state index contributed by atoms with van der Waals surface area (Å²) in [7, 11) is 4.38. The smallest absolute Gasteiger partial charge is 0.0438 e. The molecule has 0 aliphatic rings. The zero-order chi connectivity index (χ0) is 12.8. The van der Waals surface area contributed by atoms with Gasteiger partial charge in [-0.1, -0.05) is 32.4 Å². The van der Waals surface area contributed by atoms with Crippen molar-refractivity contribution in [3.8, 4) is 0 Å². The third-order valence-corrected chi connectivity index (χ3v) is 3.62. The van der Waals surface area contributed by atoms with Crippen LogP contribution in [0.25, 0.3) is 0 Å². The Hall–Kier alpha value is -0.340. The monoisotopic (exact) mass is 226 g/mol. The van der Waals surface area contributed by atoms with Crippen LogP contribution < -0.4 is 5.32 Å². The second-order valence-corrected chi connectivity index (χ2v) is 4.98. The minimum Gasteiger partial charge on any atom is -0.309 e. The molecule has 1 unspecified atom stereocenters. The van der Waals surface area contributed by atoms with Crippen molar-refractivity contribution >= 4 is 0 Å². The lowest BCUT2D eigenvalue weighted by molar-refractivity contribution is 0.108. The van der Waals surface area contributed by atoms with Gasteiger partial charge in [0, 0.05) is 11.6 Å². The van der Waals surface area contributed by atoms with E-state index in [-0.39, 0.29) is 5.54 Å². The number of hydrogen-bond donors (Lipinski definition) is 1. The van der Waals surface area contributed by atoms with Crippen LogP contribution in [0.2, 0.25) is 0 Å². The van der Waals surface area contributed by atoms with E-state index in [2.05, 4.69) is 65.0 Å². The normalized spacial score (nSPS) is 14.0. The molecule has 0 heterocycles. The molecule has 1 atom stereocenters. The largest absolute Gasteiger partial charge is 0.309 e. The highest BCUT2D eigenvalue weighted by Gasteiger charge is 2.35. The second kappa shape index (κ2) is 7.08. The van der Waals surface area contributed by atoms with E-state index in [4.69, 9.17) is 0 Å². The Labute approximate surface area is 102 Å². The molecular formula is C14H30N2. The molecule has 0 aromatic carbocycles. The molecule has 2 nitrogen and oxygen atoms in total. The third kappa shape index (κ3) is 3.60. The van der Waals surface area contributed by atoms with Gasteiger partial charge >= 0.3 is 0 Å². The molecule has 0 radical (unpaired) electrons. The Morgan fingerprint density at radius 1 is 1.19 bits per heavy atom. The van der Waals surface area contributed by atoms with Gasteiger partial charge in [0.2, 0.25) is 0 Å². The molecule has 1 N–H and O–H groups in total. The highest BCUT2D eigenvalue weighted by Crippen LogP contribution is 2.27. The standard InChI is InChI=1S/C14H30N2/c1-8-14(9-2,16(6)7)13(15-10-3)11-12(4)5/h11,13,15H,8-10H2,1-7H3. The molecule has 0 bridgehead atoms. The zero-order valence-electron chi connectivity index (χ0n) is 12.2. The van der Waals surface area contributed by atoms with Gasteiger partial charge in [0.1, 0.15) is 0 Å². The number of rotatable bonds is 7. The van der Waals surface area contributed by atoms with Gasteiger partial charge in [-0.05, 0) is 47.3 Å². The van der Waals surface area contributed by atoms with Crippen molar-refractivity contribution < 1.29 is 0 Å². The van der Waals surface area contributed by atoms with Crippen LogP contribution in [0.5, 0.6) is 0 Å². The first-order chi connectivity index (χ1) is 7.44. The van der Waals surface area contributed by atoms with E-state index in [1.54, 1.807) is 0 Å². The first-order valence-corrected chi connectivity index (χ1v) is 6.50. The maximum absolute atomic E-state index is 3.62. The maximum Gasteiger partial charge on any atom is 0.0438 e. The summed E-state index contributed by atoms with van der Waals surface area (Å²) in [5, 5.41) is 3.62. The average molecular weight is 226 g/mol. The molecule has 0 saturated heterocycles. The molecule has 0 aliphatic heterocycles. The van der Waals surface area contributed by atoms with Crippen LogP contribution in [0.4, 0.5) is 0 Å². The van der Waals surface area contributed by atoms with Gasteiger partial charge in [-0.15, -0.1) is 0 Å². The van der Waals surface area contributed by atoms with Crippen LogP contribution in [-0.4, -0.2) is 37.1 Å². The molecule has 0 spiro atoms. The third-order valence-electron chi connectivity index (χ3n) is 3.62. The summed E-state index contributed by atoms with van der Waals surface area (Å²) in [5.41, 5.74) is 1.62. The predicted octanol–water partition coefficient (Wildman–Crippen LogP) is 3.05. The van der Waals surface area contributed by atoms with Gasteiger partial charge in [-0.3, -0.25) is 0 Å². The summed E-state index contributed by atoms with van der Waals surface area (Å²) in [6.45, 7) is 12.1. The molecular weight excluding hydrogens is 196 g/mol. The molecule has 0 fully saturated rings. The van der Waals surface area contributed by atoms with Crippen molar-refractivity contribution in [2.24, 2.45) is 0 Å². The van der Waals surface area contributed by atoms with Crippen LogP contribution in [0.15, 0.2) is 11.6 Å². The molecule has 0 aromatic rings. The summed E-state index contributed by atoms with van der Waals surface area (Å²) in [5.74, 6) is 0. The van der Waals surface area contributed by atoms with Gasteiger partial charge in [-0.2, -0.15) is 0 Å². The number of nitrogens with one attached hydrogen (secondary N) is 1. The van der Waals surface area contributed by atoms with Crippen molar-refractivity contribution in [1.82, 2.24) is 10.2 Å². The summed E-state index contributed by atoms with van der Waals surface area (Å²) in [6.07, 6.45) is 4.70. The van der Waals surface area contributed by atoms with E-state index < -0.39 is 0 Å². The zero-order valence-corrected chi connectivity index (χ0v) is 12.2. The van der Waals surface area contributed by atoms with Crippen LogP contribution in [0.3, 0.4) is 0 Å². The highest BCUT2D eigenvalue weighted by atomic mass is 15.2. The number of nitrogens with zero attached hydrogens (tertiary/aromatic N) is 1. The quantitative estimate of drug-likeness (QED) is 0.671. The molecule has 96 valence electrons. The van der Waals surface area contributed by atoms with Crippen LogP contribution in [0.1, 0.15) is 47.5 Å². The second-order valence-electron chi connectivity index (χ2n) is 4.98. The SMILES string of the molecule is CCNC(C=C(C)C)C(CC)(CC)N(C)C. The summed E-state index contributed by atoms with van der Waals surface area (Å²) < 4.78 is 0. The molecule has 16 heavy (non-hydrogen) atoms. The van der Waals surface area contributed by atoms with E-state index in [1.165, 1.54) is 5.57 Å². The van der Waals surface area contributed by atoms with E-state index in [0.29, 0.717) is 6.04 Å². The summed E-state index contributed by atoms with van der Waals surface area (Å²) in [6, 6.07) is 0.438. The topological polar surface area (TPSA) is 15.3 Å². The van der Waals surface area contributed by atoms with Gasteiger partial charge in [0.05, 0.1) is 0 Å². The Morgan fingerprint density at radius 3 is 1.94 bits per heavy atom. The molecule has 0 amide bonds. The van der Waals surface area contributed by atoms with Crippen LogP contribution in [-0.2, 0) is 0 Å². The van der Waals surface area contributed by atoms with Crippen molar-refractivity contribution in [2.45, 2.75) is 59.0 Å². The van der Waals surface area contributed by atoms with Crippen molar-refractivity contribution in [3.05, 3.63) is 11.6 Å². The predicted molar refractivity (Wildman–Crippen MR) is 73.9 cm³/mol. The molecule has 2 heteroatoms. The lowest BCUT2D eigenvalue weighted by Gasteiger charge is -2.44. The van der Waals surface area contributed by atoms with E-state index in [0.717, 1.165) is 19.4 Å². The van der Waals surface area contributed by atoms with Gasteiger partial charge in [0.15, 0.2) is 0 Å². The average Bonchev–Trinajstić information content (AvgIpc) is 2.19. The Kier molecular flexibility index (Phi) is 6.93. The summed E-state index contributed by atoms with van der Waals surface area (Å²) in [4.78, 5) is 2.37. The Bertz CT molecular complexity index is 211. The number of hydrogen-bond acceptors (Lipinski definition) is 2. The van der Waals surface area contributed by atoms with Gasteiger partial charge in [-0.25, -0.2) is 0 Å². The molecule has 0 aromatic heterocycles. The minimum absolute atomic E-state index is 0.229. The highest BCUT2D eigenvalue weighted by molar-refractivity contribution is 5.11. The maximum atomic E-state index is 3.62.